The Bertz CT molecular complexity index is 811. The predicted molar refractivity (Wildman–Crippen MR) is 92.0 cm³/mol. The Kier molecular flexibility index (Phi) is 4.37. The van der Waals surface area contributed by atoms with Gasteiger partial charge in [-0.3, -0.25) is 0 Å². The molecule has 3 rings (SSSR count). The number of fused-ring (bicyclic) bond motifs is 1. The first-order valence-electron chi connectivity index (χ1n) is 7.78. The zero-order valence-corrected chi connectivity index (χ0v) is 13.4. The number of para-hydroxylation sites is 2. The zero-order valence-electron chi connectivity index (χ0n) is 13.4. The number of nitrogens with one attached hydrogen (secondary N) is 1. The fraction of sp³-hybridized carbons (Fsp3) is 0.278. The van der Waals surface area contributed by atoms with E-state index in [4.69, 9.17) is 4.74 Å². The third-order valence-corrected chi connectivity index (χ3v) is 3.83. The predicted octanol–water partition coefficient (Wildman–Crippen LogP) is 3.77. The van der Waals surface area contributed by atoms with Crippen molar-refractivity contribution in [1.29, 1.82) is 0 Å². The summed E-state index contributed by atoms with van der Waals surface area (Å²) in [6.45, 7) is 3.55. The van der Waals surface area contributed by atoms with Gasteiger partial charge in [-0.15, -0.1) is 0 Å². The highest BCUT2D eigenvalue weighted by Crippen LogP contribution is 2.25. The molecule has 5 nitrogen and oxygen atoms in total. The first-order valence-corrected chi connectivity index (χ1v) is 7.78. The molecular formula is C18H21N3O2. The maximum absolute atomic E-state index is 10.1. The number of benzene rings is 2. The molecule has 23 heavy (non-hydrogen) atoms. The molecule has 5 heteroatoms. The van der Waals surface area contributed by atoms with E-state index in [1.54, 1.807) is 13.2 Å². The number of phenolic OH excluding ortho intramolecular Hbond substituents is 1. The number of nitrogens with zero attached hydrogens (tertiary/aromatic N) is 2. The minimum Gasteiger partial charge on any atom is -0.507 e. The topological polar surface area (TPSA) is 59.3 Å². The van der Waals surface area contributed by atoms with Crippen LogP contribution in [-0.2, 0) is 13.1 Å². The van der Waals surface area contributed by atoms with Crippen molar-refractivity contribution in [2.24, 2.45) is 0 Å². The molecule has 0 bridgehead atoms. The number of aromatic hydroxyl groups is 1. The van der Waals surface area contributed by atoms with E-state index in [0.717, 1.165) is 35.5 Å². The molecule has 0 aliphatic rings. The molecular weight excluding hydrogens is 290 g/mol. The average Bonchev–Trinajstić information content (AvgIpc) is 2.92. The molecule has 1 aromatic heterocycles. The lowest BCUT2D eigenvalue weighted by Crippen LogP contribution is -2.07. The molecule has 0 fully saturated rings. The first kappa shape index (κ1) is 15.2. The van der Waals surface area contributed by atoms with E-state index in [-0.39, 0.29) is 5.75 Å². The lowest BCUT2D eigenvalue weighted by Gasteiger charge is -2.11. The second-order valence-corrected chi connectivity index (χ2v) is 5.42. The Balaban J connectivity index is 1.85. The summed E-state index contributed by atoms with van der Waals surface area (Å²) in [5, 5.41) is 13.4. The highest BCUT2D eigenvalue weighted by molar-refractivity contribution is 5.78. The summed E-state index contributed by atoms with van der Waals surface area (Å²) in [7, 11) is 1.58. The van der Waals surface area contributed by atoms with E-state index in [1.807, 2.05) is 30.3 Å². The standard InChI is InChI=1S/C18H21N3O2/c1-3-10-21-16-7-5-4-6-15(16)20-18(21)19-12-13-8-9-14(23-2)11-17(13)22/h4-9,11,22H,3,10,12H2,1-2H3,(H,19,20). The van der Waals surface area contributed by atoms with E-state index in [9.17, 15) is 5.11 Å². The molecule has 0 saturated carbocycles. The van der Waals surface area contributed by atoms with Crippen molar-refractivity contribution in [3.63, 3.8) is 0 Å². The normalized spacial score (nSPS) is 10.9. The van der Waals surface area contributed by atoms with Gasteiger partial charge in [0.1, 0.15) is 11.5 Å². The monoisotopic (exact) mass is 311 g/mol. The Hall–Kier alpha value is -2.69. The molecule has 0 aliphatic heterocycles. The number of hydrogen-bond donors (Lipinski definition) is 2. The van der Waals surface area contributed by atoms with Crippen molar-refractivity contribution in [3.8, 4) is 11.5 Å². The van der Waals surface area contributed by atoms with Crippen LogP contribution in [0.3, 0.4) is 0 Å². The molecule has 0 spiro atoms. The third kappa shape index (κ3) is 3.08. The highest BCUT2D eigenvalue weighted by Gasteiger charge is 2.10. The van der Waals surface area contributed by atoms with Gasteiger partial charge < -0.3 is 19.7 Å². The van der Waals surface area contributed by atoms with Gasteiger partial charge in [-0.2, -0.15) is 0 Å². The van der Waals surface area contributed by atoms with Crippen LogP contribution in [0, 0.1) is 0 Å². The van der Waals surface area contributed by atoms with Gasteiger partial charge in [0.25, 0.3) is 0 Å². The number of imidazole rings is 1. The highest BCUT2D eigenvalue weighted by atomic mass is 16.5. The van der Waals surface area contributed by atoms with Gasteiger partial charge in [0.05, 0.1) is 18.1 Å². The van der Waals surface area contributed by atoms with Gasteiger partial charge in [-0.05, 0) is 30.7 Å². The van der Waals surface area contributed by atoms with E-state index >= 15 is 0 Å². The molecule has 3 aromatic rings. The van der Waals surface area contributed by atoms with Crippen molar-refractivity contribution in [1.82, 2.24) is 9.55 Å². The molecule has 0 amide bonds. The van der Waals surface area contributed by atoms with Crippen molar-refractivity contribution < 1.29 is 9.84 Å². The molecule has 120 valence electrons. The Morgan fingerprint density at radius 1 is 1.22 bits per heavy atom. The number of ether oxygens (including phenoxy) is 1. The summed E-state index contributed by atoms with van der Waals surface area (Å²) in [4.78, 5) is 4.66. The number of rotatable bonds is 6. The second-order valence-electron chi connectivity index (χ2n) is 5.42. The number of aromatic nitrogens is 2. The maximum atomic E-state index is 10.1. The molecule has 0 radical (unpaired) electrons. The SMILES string of the molecule is CCCn1c(NCc2ccc(OC)cc2O)nc2ccccc21. The van der Waals surface area contributed by atoms with Crippen LogP contribution in [0.2, 0.25) is 0 Å². The van der Waals surface area contributed by atoms with Gasteiger partial charge in [0.2, 0.25) is 5.95 Å². The minimum atomic E-state index is 0.218. The summed E-state index contributed by atoms with van der Waals surface area (Å²) in [6, 6.07) is 13.4. The second kappa shape index (κ2) is 6.60. The van der Waals surface area contributed by atoms with Crippen LogP contribution in [-0.4, -0.2) is 21.8 Å². The van der Waals surface area contributed by atoms with E-state index in [1.165, 1.54) is 0 Å². The van der Waals surface area contributed by atoms with Crippen LogP contribution in [0.1, 0.15) is 18.9 Å². The molecule has 0 unspecified atom stereocenters. The first-order chi connectivity index (χ1) is 11.2. The van der Waals surface area contributed by atoms with Crippen LogP contribution in [0.15, 0.2) is 42.5 Å². The number of hydrogen-bond acceptors (Lipinski definition) is 4. The lowest BCUT2D eigenvalue weighted by molar-refractivity contribution is 0.406. The third-order valence-electron chi connectivity index (χ3n) is 3.83. The van der Waals surface area contributed by atoms with Crippen LogP contribution in [0.5, 0.6) is 11.5 Å². The van der Waals surface area contributed by atoms with E-state index in [0.29, 0.717) is 12.3 Å². The Labute approximate surface area is 135 Å². The molecule has 1 heterocycles. The molecule has 2 N–H and O–H groups in total. The maximum Gasteiger partial charge on any atom is 0.204 e. The van der Waals surface area contributed by atoms with Crippen LogP contribution >= 0.6 is 0 Å². The summed E-state index contributed by atoms with van der Waals surface area (Å²) >= 11 is 0. The molecule has 0 saturated heterocycles. The van der Waals surface area contributed by atoms with Crippen LogP contribution < -0.4 is 10.1 Å². The molecule has 0 atom stereocenters. The van der Waals surface area contributed by atoms with Gasteiger partial charge in [-0.1, -0.05) is 19.1 Å². The summed E-state index contributed by atoms with van der Waals surface area (Å²) in [5.41, 5.74) is 2.90. The number of phenols is 1. The smallest absolute Gasteiger partial charge is 0.204 e. The Morgan fingerprint density at radius 2 is 2.04 bits per heavy atom. The number of aryl methyl sites for hydroxylation is 1. The van der Waals surface area contributed by atoms with Gasteiger partial charge in [-0.25, -0.2) is 4.98 Å². The summed E-state index contributed by atoms with van der Waals surface area (Å²) in [5.74, 6) is 1.68. The quantitative estimate of drug-likeness (QED) is 0.727. The van der Waals surface area contributed by atoms with Crippen molar-refractivity contribution in [3.05, 3.63) is 48.0 Å². The fourth-order valence-electron chi connectivity index (χ4n) is 2.65. The molecule has 2 aromatic carbocycles. The van der Waals surface area contributed by atoms with Crippen LogP contribution in [0.25, 0.3) is 11.0 Å². The molecule has 0 aliphatic carbocycles. The average molecular weight is 311 g/mol. The van der Waals surface area contributed by atoms with Crippen molar-refractivity contribution >= 4 is 17.0 Å². The number of methoxy groups -OCH3 is 1. The minimum absolute atomic E-state index is 0.218. The summed E-state index contributed by atoms with van der Waals surface area (Å²) in [6.07, 6.45) is 1.03. The summed E-state index contributed by atoms with van der Waals surface area (Å²) < 4.78 is 7.28. The van der Waals surface area contributed by atoms with Crippen molar-refractivity contribution in [2.75, 3.05) is 12.4 Å². The zero-order chi connectivity index (χ0) is 16.2. The fourth-order valence-corrected chi connectivity index (χ4v) is 2.65. The van der Waals surface area contributed by atoms with Crippen LogP contribution in [0.4, 0.5) is 5.95 Å². The largest absolute Gasteiger partial charge is 0.507 e. The lowest BCUT2D eigenvalue weighted by atomic mass is 10.2. The van der Waals surface area contributed by atoms with Gasteiger partial charge >= 0.3 is 0 Å². The van der Waals surface area contributed by atoms with E-state index in [2.05, 4.69) is 27.9 Å². The number of anilines is 1. The van der Waals surface area contributed by atoms with Gasteiger partial charge in [0.15, 0.2) is 0 Å². The Morgan fingerprint density at radius 3 is 2.78 bits per heavy atom. The van der Waals surface area contributed by atoms with Gasteiger partial charge in [0, 0.05) is 24.7 Å². The van der Waals surface area contributed by atoms with E-state index < -0.39 is 0 Å². The van der Waals surface area contributed by atoms with Crippen molar-refractivity contribution in [2.45, 2.75) is 26.4 Å².